The standard InChI is InChI=1S/C13H14ClN3O4S3/c1-3-6-22-13-16-15-12(23-13)17-24(19,20)10-7-8(11(18)21-2)4-5-9(10)14/h4-5,7H,3,6H2,1-2H3,(H,15,17). The van der Waals surface area contributed by atoms with Crippen molar-refractivity contribution in [1.29, 1.82) is 0 Å². The summed E-state index contributed by atoms with van der Waals surface area (Å²) >= 11 is 8.59. The normalized spacial score (nSPS) is 11.3. The molecule has 0 saturated heterocycles. The van der Waals surface area contributed by atoms with E-state index >= 15 is 0 Å². The van der Waals surface area contributed by atoms with Crippen molar-refractivity contribution in [2.75, 3.05) is 17.6 Å². The van der Waals surface area contributed by atoms with Gasteiger partial charge in [-0.15, -0.1) is 10.2 Å². The van der Waals surface area contributed by atoms with Gasteiger partial charge in [0.15, 0.2) is 4.34 Å². The summed E-state index contributed by atoms with van der Waals surface area (Å²) < 4.78 is 32.6. The molecule has 0 saturated carbocycles. The molecule has 0 amide bonds. The van der Waals surface area contributed by atoms with Crippen molar-refractivity contribution >= 4 is 55.8 Å². The van der Waals surface area contributed by atoms with E-state index in [1.165, 1.54) is 31.0 Å². The Morgan fingerprint density at radius 3 is 2.83 bits per heavy atom. The van der Waals surface area contributed by atoms with Crippen molar-refractivity contribution in [3.05, 3.63) is 28.8 Å². The number of hydrogen-bond acceptors (Lipinski definition) is 8. The van der Waals surface area contributed by atoms with Gasteiger partial charge in [-0.2, -0.15) is 0 Å². The number of esters is 1. The minimum Gasteiger partial charge on any atom is -0.465 e. The van der Waals surface area contributed by atoms with Crippen LogP contribution in [0.5, 0.6) is 0 Å². The van der Waals surface area contributed by atoms with Gasteiger partial charge in [0.05, 0.1) is 17.7 Å². The number of carbonyl (C=O) groups is 1. The van der Waals surface area contributed by atoms with Crippen LogP contribution in [0.2, 0.25) is 5.02 Å². The predicted octanol–water partition coefficient (Wildman–Crippen LogP) is 3.28. The van der Waals surface area contributed by atoms with Crippen LogP contribution in [0, 0.1) is 0 Å². The van der Waals surface area contributed by atoms with E-state index in [1.807, 2.05) is 6.92 Å². The number of nitrogens with zero attached hydrogens (tertiary/aromatic N) is 2. The molecule has 2 aromatic rings. The number of ether oxygens (including phenoxy) is 1. The third-order valence-electron chi connectivity index (χ3n) is 2.70. The van der Waals surface area contributed by atoms with Crippen molar-refractivity contribution in [1.82, 2.24) is 10.2 Å². The van der Waals surface area contributed by atoms with Gasteiger partial charge in [-0.25, -0.2) is 13.2 Å². The number of halogens is 1. The van der Waals surface area contributed by atoms with Crippen molar-refractivity contribution in [3.8, 4) is 0 Å². The maximum atomic E-state index is 12.5. The van der Waals surface area contributed by atoms with Crippen LogP contribution in [0.25, 0.3) is 0 Å². The molecule has 1 aromatic heterocycles. The van der Waals surface area contributed by atoms with E-state index in [0.717, 1.165) is 29.6 Å². The molecule has 0 radical (unpaired) electrons. The first-order valence-corrected chi connectivity index (χ1v) is 10.4. The number of rotatable bonds is 7. The minimum atomic E-state index is -4.01. The number of thioether (sulfide) groups is 1. The molecule has 2 rings (SSSR count). The van der Waals surface area contributed by atoms with E-state index < -0.39 is 16.0 Å². The summed E-state index contributed by atoms with van der Waals surface area (Å²) in [5.74, 6) is 0.214. The van der Waals surface area contributed by atoms with Crippen LogP contribution >= 0.6 is 34.7 Å². The predicted molar refractivity (Wildman–Crippen MR) is 94.5 cm³/mol. The SMILES string of the molecule is CCCSc1nnc(NS(=O)(=O)c2cc(C(=O)OC)ccc2Cl)s1. The molecule has 1 N–H and O–H groups in total. The molecule has 1 heterocycles. The highest BCUT2D eigenvalue weighted by Crippen LogP contribution is 2.29. The zero-order valence-electron chi connectivity index (χ0n) is 12.8. The molecular weight excluding hydrogens is 394 g/mol. The van der Waals surface area contributed by atoms with Crippen molar-refractivity contribution in [2.45, 2.75) is 22.6 Å². The Bertz CT molecular complexity index is 839. The van der Waals surface area contributed by atoms with Crippen LogP contribution in [-0.4, -0.2) is 37.4 Å². The highest BCUT2D eigenvalue weighted by Gasteiger charge is 2.22. The van der Waals surface area contributed by atoms with Crippen LogP contribution < -0.4 is 4.72 Å². The fourth-order valence-electron chi connectivity index (χ4n) is 1.62. The second-order valence-electron chi connectivity index (χ2n) is 4.46. The van der Waals surface area contributed by atoms with Crippen LogP contribution in [0.4, 0.5) is 5.13 Å². The lowest BCUT2D eigenvalue weighted by Crippen LogP contribution is -2.14. The largest absolute Gasteiger partial charge is 0.465 e. The monoisotopic (exact) mass is 407 g/mol. The molecule has 0 aliphatic rings. The molecule has 0 spiro atoms. The lowest BCUT2D eigenvalue weighted by molar-refractivity contribution is 0.0600. The summed E-state index contributed by atoms with van der Waals surface area (Å²) in [6.07, 6.45) is 0.973. The van der Waals surface area contributed by atoms with Crippen LogP contribution in [0.15, 0.2) is 27.4 Å². The molecule has 0 fully saturated rings. The van der Waals surface area contributed by atoms with Gasteiger partial charge in [0.25, 0.3) is 10.0 Å². The quantitative estimate of drug-likeness (QED) is 0.555. The molecule has 0 unspecified atom stereocenters. The highest BCUT2D eigenvalue weighted by molar-refractivity contribution is 8.01. The Labute approximate surface area is 152 Å². The summed E-state index contributed by atoms with van der Waals surface area (Å²) in [5, 5.41) is 7.84. The fraction of sp³-hybridized carbons (Fsp3) is 0.308. The van der Waals surface area contributed by atoms with Gasteiger partial charge in [0, 0.05) is 5.75 Å². The zero-order valence-corrected chi connectivity index (χ0v) is 16.0. The van der Waals surface area contributed by atoms with Crippen LogP contribution in [0.3, 0.4) is 0 Å². The number of methoxy groups -OCH3 is 1. The van der Waals surface area contributed by atoms with Gasteiger partial charge in [-0.1, -0.05) is 41.6 Å². The Kier molecular flexibility index (Phi) is 6.44. The summed E-state index contributed by atoms with van der Waals surface area (Å²) in [6.45, 7) is 2.04. The molecule has 24 heavy (non-hydrogen) atoms. The van der Waals surface area contributed by atoms with E-state index in [4.69, 9.17) is 11.6 Å². The maximum Gasteiger partial charge on any atom is 0.337 e. The average Bonchev–Trinajstić information content (AvgIpc) is 2.99. The first-order valence-electron chi connectivity index (χ1n) is 6.74. The lowest BCUT2D eigenvalue weighted by atomic mass is 10.2. The molecule has 0 aliphatic carbocycles. The smallest absolute Gasteiger partial charge is 0.337 e. The highest BCUT2D eigenvalue weighted by atomic mass is 35.5. The zero-order chi connectivity index (χ0) is 17.7. The summed E-state index contributed by atoms with van der Waals surface area (Å²) in [4.78, 5) is 11.3. The first-order chi connectivity index (χ1) is 11.4. The lowest BCUT2D eigenvalue weighted by Gasteiger charge is -2.08. The van der Waals surface area contributed by atoms with Crippen molar-refractivity contribution < 1.29 is 17.9 Å². The molecule has 1 aromatic carbocycles. The van der Waals surface area contributed by atoms with E-state index in [9.17, 15) is 13.2 Å². The van der Waals surface area contributed by atoms with Gasteiger partial charge in [0.1, 0.15) is 4.90 Å². The number of hydrogen-bond donors (Lipinski definition) is 1. The van der Waals surface area contributed by atoms with Crippen molar-refractivity contribution in [3.63, 3.8) is 0 Å². The van der Waals surface area contributed by atoms with Gasteiger partial charge >= 0.3 is 5.97 Å². The molecule has 0 aliphatic heterocycles. The second kappa shape index (κ2) is 8.15. The average molecular weight is 408 g/mol. The summed E-state index contributed by atoms with van der Waals surface area (Å²) in [5.41, 5.74) is 0.0822. The number of carbonyl (C=O) groups excluding carboxylic acids is 1. The molecule has 130 valence electrons. The number of sulfonamides is 1. The first kappa shape index (κ1) is 19.0. The Morgan fingerprint density at radius 1 is 1.42 bits per heavy atom. The van der Waals surface area contributed by atoms with E-state index in [-0.39, 0.29) is 20.6 Å². The third kappa shape index (κ3) is 4.59. The number of benzene rings is 1. The summed E-state index contributed by atoms with van der Waals surface area (Å²) in [6, 6.07) is 3.87. The molecule has 11 heteroatoms. The molecular formula is C13H14ClN3O4S3. The molecule has 0 bridgehead atoms. The van der Waals surface area contributed by atoms with Gasteiger partial charge in [-0.05, 0) is 24.6 Å². The van der Waals surface area contributed by atoms with Gasteiger partial charge < -0.3 is 4.74 Å². The molecule has 0 atom stereocenters. The van der Waals surface area contributed by atoms with E-state index in [1.54, 1.807) is 0 Å². The topological polar surface area (TPSA) is 98.3 Å². The Balaban J connectivity index is 2.27. The van der Waals surface area contributed by atoms with E-state index in [2.05, 4.69) is 19.7 Å². The minimum absolute atomic E-state index is 0.0137. The van der Waals surface area contributed by atoms with Crippen molar-refractivity contribution in [2.24, 2.45) is 0 Å². The van der Waals surface area contributed by atoms with Crippen LogP contribution in [-0.2, 0) is 14.8 Å². The number of anilines is 1. The Hall–Kier alpha value is -1.36. The fourth-order valence-corrected chi connectivity index (χ4v) is 5.06. The van der Waals surface area contributed by atoms with Gasteiger partial charge in [-0.3, -0.25) is 4.72 Å². The molecule has 7 nitrogen and oxygen atoms in total. The Morgan fingerprint density at radius 2 is 2.17 bits per heavy atom. The second-order valence-corrected chi connectivity index (χ2v) is 8.84. The van der Waals surface area contributed by atoms with Gasteiger partial charge in [0.2, 0.25) is 5.13 Å². The van der Waals surface area contributed by atoms with E-state index in [0.29, 0.717) is 4.34 Å². The third-order valence-corrected chi connectivity index (χ3v) is 6.83. The maximum absolute atomic E-state index is 12.5. The number of aromatic nitrogens is 2. The number of nitrogens with one attached hydrogen (secondary N) is 1. The van der Waals surface area contributed by atoms with Crippen LogP contribution in [0.1, 0.15) is 23.7 Å². The summed E-state index contributed by atoms with van der Waals surface area (Å²) in [7, 11) is -2.80.